The number of rotatable bonds is 6. The van der Waals surface area contributed by atoms with E-state index in [0.29, 0.717) is 25.7 Å². The van der Waals surface area contributed by atoms with Crippen molar-refractivity contribution >= 4 is 11.6 Å². The maximum atomic E-state index is 5.98. The first kappa shape index (κ1) is 15.9. The smallest absolute Gasteiger partial charge is 0.193 e. The lowest BCUT2D eigenvalue weighted by atomic mass is 10.3. The number of aliphatic imine (C=N–C) groups is 1. The molecule has 0 spiro atoms. The van der Waals surface area contributed by atoms with Crippen LogP contribution in [0.2, 0.25) is 0 Å². The first-order chi connectivity index (χ1) is 11.3. The molecule has 1 saturated carbocycles. The molecule has 3 rings (SSSR count). The molecule has 0 unspecified atom stereocenters. The van der Waals surface area contributed by atoms with E-state index in [0.717, 1.165) is 42.7 Å². The lowest BCUT2D eigenvalue weighted by Crippen LogP contribution is -2.30. The summed E-state index contributed by atoms with van der Waals surface area (Å²) in [5.41, 5.74) is 6.85. The fourth-order valence-electron chi connectivity index (χ4n) is 2.77. The quantitative estimate of drug-likeness (QED) is 0.620. The van der Waals surface area contributed by atoms with Crippen LogP contribution in [0, 0.1) is 0 Å². The number of anilines is 1. The molecule has 2 aliphatic rings. The van der Waals surface area contributed by atoms with E-state index in [-0.39, 0.29) is 0 Å². The van der Waals surface area contributed by atoms with E-state index in [1.165, 1.54) is 12.8 Å². The zero-order chi connectivity index (χ0) is 16.1. The third-order valence-electron chi connectivity index (χ3n) is 4.16. The van der Waals surface area contributed by atoms with Crippen LogP contribution < -0.4 is 20.5 Å². The van der Waals surface area contributed by atoms with Crippen molar-refractivity contribution in [1.82, 2.24) is 4.90 Å². The molecule has 1 aliphatic carbocycles. The van der Waals surface area contributed by atoms with Crippen molar-refractivity contribution in [2.24, 2.45) is 10.7 Å². The predicted molar refractivity (Wildman–Crippen MR) is 92.4 cm³/mol. The molecule has 1 fully saturated rings. The molecule has 0 radical (unpaired) electrons. The number of guanidine groups is 1. The molecule has 0 aromatic heterocycles. The lowest BCUT2D eigenvalue weighted by Gasteiger charge is -2.18. The van der Waals surface area contributed by atoms with Crippen LogP contribution in [-0.4, -0.2) is 49.7 Å². The number of likely N-dealkylation sites (N-methyl/N-ethyl adjacent to an activating group) is 1. The highest BCUT2D eigenvalue weighted by atomic mass is 16.5. The van der Waals surface area contributed by atoms with Crippen LogP contribution in [0.15, 0.2) is 23.2 Å². The fraction of sp³-hybridized carbons (Fsp3) is 0.588. The number of ether oxygens (including phenoxy) is 2. The largest absolute Gasteiger partial charge is 0.490 e. The van der Waals surface area contributed by atoms with Gasteiger partial charge in [-0.25, -0.2) is 0 Å². The first-order valence-electron chi connectivity index (χ1n) is 8.47. The van der Waals surface area contributed by atoms with Crippen molar-refractivity contribution in [3.63, 3.8) is 0 Å². The van der Waals surface area contributed by atoms with E-state index in [1.54, 1.807) is 0 Å². The Balaban J connectivity index is 1.53. The van der Waals surface area contributed by atoms with Gasteiger partial charge in [-0.2, -0.15) is 0 Å². The lowest BCUT2D eigenvalue weighted by molar-refractivity contribution is 0.286. The number of nitrogens with one attached hydrogen (secondary N) is 1. The van der Waals surface area contributed by atoms with Crippen LogP contribution in [0.5, 0.6) is 11.5 Å². The normalized spacial score (nSPS) is 17.9. The van der Waals surface area contributed by atoms with Crippen LogP contribution in [0.4, 0.5) is 5.69 Å². The number of hydrogen-bond acceptors (Lipinski definition) is 4. The van der Waals surface area contributed by atoms with Gasteiger partial charge in [-0.1, -0.05) is 6.92 Å². The highest BCUT2D eigenvalue weighted by Crippen LogP contribution is 2.32. The van der Waals surface area contributed by atoms with Crippen LogP contribution in [0.25, 0.3) is 0 Å². The van der Waals surface area contributed by atoms with Gasteiger partial charge in [0, 0.05) is 30.8 Å². The molecule has 0 saturated heterocycles. The zero-order valence-electron chi connectivity index (χ0n) is 13.8. The molecule has 1 heterocycles. The topological polar surface area (TPSA) is 72.1 Å². The van der Waals surface area contributed by atoms with Crippen molar-refractivity contribution in [2.45, 2.75) is 32.2 Å². The fourth-order valence-corrected chi connectivity index (χ4v) is 2.77. The minimum Gasteiger partial charge on any atom is -0.490 e. The van der Waals surface area contributed by atoms with Crippen LogP contribution >= 0.6 is 0 Å². The predicted octanol–water partition coefficient (Wildman–Crippen LogP) is 2.06. The molecule has 6 heteroatoms. The van der Waals surface area contributed by atoms with Gasteiger partial charge < -0.3 is 20.5 Å². The van der Waals surface area contributed by atoms with Crippen molar-refractivity contribution < 1.29 is 9.47 Å². The summed E-state index contributed by atoms with van der Waals surface area (Å²) in [5.74, 6) is 1.98. The van der Waals surface area contributed by atoms with E-state index < -0.39 is 0 Å². The molecule has 0 bridgehead atoms. The van der Waals surface area contributed by atoms with E-state index in [4.69, 9.17) is 15.2 Å². The van der Waals surface area contributed by atoms with E-state index in [1.807, 2.05) is 18.2 Å². The second-order valence-corrected chi connectivity index (χ2v) is 5.96. The SMILES string of the molecule is CCN(CCN=C(N)Nc1ccc2c(c1)OCCCO2)C1CC1. The molecular formula is C17H26N4O2. The third kappa shape index (κ3) is 4.51. The Morgan fingerprint density at radius 2 is 2.09 bits per heavy atom. The molecule has 1 aromatic rings. The van der Waals surface area contributed by atoms with Crippen molar-refractivity contribution in [1.29, 1.82) is 0 Å². The van der Waals surface area contributed by atoms with Gasteiger partial charge >= 0.3 is 0 Å². The van der Waals surface area contributed by atoms with Crippen molar-refractivity contribution in [3.05, 3.63) is 18.2 Å². The van der Waals surface area contributed by atoms with Crippen LogP contribution in [0.3, 0.4) is 0 Å². The Bertz CT molecular complexity index is 558. The second-order valence-electron chi connectivity index (χ2n) is 5.96. The molecule has 1 aromatic carbocycles. The summed E-state index contributed by atoms with van der Waals surface area (Å²) in [6, 6.07) is 6.51. The number of hydrogen-bond donors (Lipinski definition) is 2. The number of benzene rings is 1. The molecular weight excluding hydrogens is 292 g/mol. The molecule has 1 aliphatic heterocycles. The summed E-state index contributed by atoms with van der Waals surface area (Å²) in [4.78, 5) is 6.88. The van der Waals surface area contributed by atoms with Crippen molar-refractivity contribution in [2.75, 3.05) is 38.2 Å². The van der Waals surface area contributed by atoms with Gasteiger partial charge in [-0.15, -0.1) is 0 Å². The average Bonchev–Trinajstić information content (AvgIpc) is 3.38. The summed E-state index contributed by atoms with van der Waals surface area (Å²) in [6.45, 7) is 6.32. The molecule has 23 heavy (non-hydrogen) atoms. The summed E-state index contributed by atoms with van der Waals surface area (Å²) in [7, 11) is 0. The minimum absolute atomic E-state index is 0.436. The Morgan fingerprint density at radius 3 is 2.83 bits per heavy atom. The number of nitrogens with two attached hydrogens (primary N) is 1. The minimum atomic E-state index is 0.436. The zero-order valence-corrected chi connectivity index (χ0v) is 13.8. The van der Waals surface area contributed by atoms with E-state index in [9.17, 15) is 0 Å². The maximum Gasteiger partial charge on any atom is 0.193 e. The van der Waals surface area contributed by atoms with Crippen LogP contribution in [-0.2, 0) is 0 Å². The van der Waals surface area contributed by atoms with E-state index in [2.05, 4.69) is 22.1 Å². The molecule has 0 amide bonds. The van der Waals surface area contributed by atoms with Gasteiger partial charge in [-0.3, -0.25) is 9.89 Å². The second kappa shape index (κ2) is 7.55. The standard InChI is InChI=1S/C17H26N4O2/c1-2-21(14-5-6-14)9-8-19-17(18)20-13-4-7-15-16(12-13)23-11-3-10-22-15/h4,7,12,14H,2-3,5-6,8-11H2,1H3,(H3,18,19,20). The Morgan fingerprint density at radius 1 is 1.30 bits per heavy atom. The van der Waals surface area contributed by atoms with Gasteiger partial charge in [0.05, 0.1) is 19.8 Å². The molecule has 6 nitrogen and oxygen atoms in total. The highest BCUT2D eigenvalue weighted by molar-refractivity contribution is 5.92. The van der Waals surface area contributed by atoms with Gasteiger partial charge in [0.2, 0.25) is 0 Å². The van der Waals surface area contributed by atoms with E-state index >= 15 is 0 Å². The maximum absolute atomic E-state index is 5.98. The Kier molecular flexibility index (Phi) is 5.23. The van der Waals surface area contributed by atoms with Gasteiger partial charge in [0.25, 0.3) is 0 Å². The number of fused-ring (bicyclic) bond motifs is 1. The Labute approximate surface area is 137 Å². The van der Waals surface area contributed by atoms with Gasteiger partial charge in [0.15, 0.2) is 17.5 Å². The first-order valence-corrected chi connectivity index (χ1v) is 8.47. The average molecular weight is 318 g/mol. The monoisotopic (exact) mass is 318 g/mol. The highest BCUT2D eigenvalue weighted by Gasteiger charge is 2.27. The molecule has 3 N–H and O–H groups in total. The molecule has 126 valence electrons. The van der Waals surface area contributed by atoms with Gasteiger partial charge in [-0.05, 0) is 31.5 Å². The summed E-state index contributed by atoms with van der Waals surface area (Å²) < 4.78 is 11.3. The van der Waals surface area contributed by atoms with Crippen molar-refractivity contribution in [3.8, 4) is 11.5 Å². The summed E-state index contributed by atoms with van der Waals surface area (Å²) >= 11 is 0. The molecule has 0 atom stereocenters. The Hall–Kier alpha value is -1.95. The summed E-state index contributed by atoms with van der Waals surface area (Å²) in [6.07, 6.45) is 3.54. The number of nitrogens with zero attached hydrogens (tertiary/aromatic N) is 2. The third-order valence-corrected chi connectivity index (χ3v) is 4.16. The van der Waals surface area contributed by atoms with Gasteiger partial charge in [0.1, 0.15) is 0 Å². The summed E-state index contributed by atoms with van der Waals surface area (Å²) in [5, 5.41) is 3.12. The van der Waals surface area contributed by atoms with Crippen LogP contribution in [0.1, 0.15) is 26.2 Å².